The normalized spacial score (nSPS) is 32.2. The Bertz CT molecular complexity index is 902. The Balaban J connectivity index is 1.35. The second-order valence-corrected chi connectivity index (χ2v) is 10.2. The topological polar surface area (TPSA) is 12.5 Å². The van der Waals surface area contributed by atoms with Crippen LogP contribution >= 0.6 is 0 Å². The molecule has 2 saturated carbocycles. The molecule has 152 valence electrons. The maximum atomic E-state index is 5.63. The van der Waals surface area contributed by atoms with Crippen molar-refractivity contribution >= 4 is 0 Å². The molecule has 2 aromatic carbocycles. The molecule has 3 aliphatic carbocycles. The Labute approximate surface area is 175 Å². The van der Waals surface area contributed by atoms with Crippen LogP contribution in [0, 0.1) is 5.92 Å². The maximum Gasteiger partial charge on any atom is 0.119 e. The van der Waals surface area contributed by atoms with Crippen LogP contribution in [0.3, 0.4) is 0 Å². The molecule has 0 aromatic heterocycles. The molecule has 1 saturated heterocycles. The Morgan fingerprint density at radius 3 is 2.66 bits per heavy atom. The zero-order valence-corrected chi connectivity index (χ0v) is 17.7. The van der Waals surface area contributed by atoms with Gasteiger partial charge >= 0.3 is 0 Å². The van der Waals surface area contributed by atoms with Crippen molar-refractivity contribution < 1.29 is 4.74 Å². The lowest BCUT2D eigenvalue weighted by molar-refractivity contribution is -0.0157. The predicted octanol–water partition coefficient (Wildman–Crippen LogP) is 5.49. The van der Waals surface area contributed by atoms with Gasteiger partial charge in [0.2, 0.25) is 0 Å². The van der Waals surface area contributed by atoms with E-state index in [-0.39, 0.29) is 0 Å². The molecule has 3 atom stereocenters. The third kappa shape index (κ3) is 2.71. The van der Waals surface area contributed by atoms with Gasteiger partial charge < -0.3 is 4.74 Å². The van der Waals surface area contributed by atoms with E-state index in [0.29, 0.717) is 10.8 Å². The van der Waals surface area contributed by atoms with Gasteiger partial charge in [0.25, 0.3) is 0 Å². The van der Waals surface area contributed by atoms with Crippen LogP contribution in [0.4, 0.5) is 0 Å². The summed E-state index contributed by atoms with van der Waals surface area (Å²) >= 11 is 0. The van der Waals surface area contributed by atoms with E-state index in [9.17, 15) is 0 Å². The molecular weight excluding hydrogens is 354 g/mol. The van der Waals surface area contributed by atoms with Crippen LogP contribution in [-0.2, 0) is 17.3 Å². The average Bonchev–Trinajstić information content (AvgIpc) is 3.57. The summed E-state index contributed by atoms with van der Waals surface area (Å²) in [6.07, 6.45) is 10.9. The van der Waals surface area contributed by atoms with Gasteiger partial charge in [-0.25, -0.2) is 0 Å². The van der Waals surface area contributed by atoms with Crippen molar-refractivity contribution in [2.24, 2.45) is 5.92 Å². The smallest absolute Gasteiger partial charge is 0.119 e. The van der Waals surface area contributed by atoms with E-state index in [0.717, 1.165) is 17.7 Å². The van der Waals surface area contributed by atoms with Crippen molar-refractivity contribution in [2.75, 3.05) is 20.2 Å². The average molecular weight is 388 g/mol. The van der Waals surface area contributed by atoms with Gasteiger partial charge in [0, 0.05) is 23.4 Å². The number of likely N-dealkylation sites (tertiary alicyclic amines) is 1. The Morgan fingerprint density at radius 1 is 1.00 bits per heavy atom. The number of nitrogens with zero attached hydrogens (tertiary/aromatic N) is 1. The minimum absolute atomic E-state index is 0.408. The standard InChI is InChI=1S/C27H33NO/c1-29-22-11-10-20-17-25-23-9-5-6-12-27(23,24(20)18-22)15-16-28(25)19-26(13-14-26)21-7-3-2-4-8-21/h2-4,7-8,10-11,18,23,25H,5-6,9,12-17,19H2,1H3. The van der Waals surface area contributed by atoms with Crippen LogP contribution in [0.2, 0.25) is 0 Å². The lowest BCUT2D eigenvalue weighted by Gasteiger charge is -2.59. The molecule has 29 heavy (non-hydrogen) atoms. The number of methoxy groups -OCH3 is 1. The summed E-state index contributed by atoms with van der Waals surface area (Å²) in [5.41, 5.74) is 5.65. The monoisotopic (exact) mass is 387 g/mol. The third-order valence-electron chi connectivity index (χ3n) is 8.90. The fraction of sp³-hybridized carbons (Fsp3) is 0.556. The number of benzene rings is 2. The summed E-state index contributed by atoms with van der Waals surface area (Å²) in [6.45, 7) is 2.53. The number of ether oxygens (including phenoxy) is 1. The van der Waals surface area contributed by atoms with Crippen molar-refractivity contribution in [1.29, 1.82) is 0 Å². The summed E-state index contributed by atoms with van der Waals surface area (Å²) in [7, 11) is 1.81. The Morgan fingerprint density at radius 2 is 1.86 bits per heavy atom. The summed E-state index contributed by atoms with van der Waals surface area (Å²) in [6, 6.07) is 19.0. The van der Waals surface area contributed by atoms with Crippen LogP contribution < -0.4 is 4.74 Å². The van der Waals surface area contributed by atoms with E-state index >= 15 is 0 Å². The number of piperidine rings is 1. The number of rotatable bonds is 4. The van der Waals surface area contributed by atoms with Crippen LogP contribution in [0.25, 0.3) is 0 Å². The van der Waals surface area contributed by atoms with Crippen molar-refractivity contribution in [3.8, 4) is 5.75 Å². The van der Waals surface area contributed by atoms with E-state index < -0.39 is 0 Å². The minimum atomic E-state index is 0.408. The van der Waals surface area contributed by atoms with Gasteiger partial charge in [-0.15, -0.1) is 0 Å². The molecule has 0 spiro atoms. The molecule has 6 rings (SSSR count). The first kappa shape index (κ1) is 18.0. The molecule has 4 aliphatic rings. The lowest BCUT2D eigenvalue weighted by atomic mass is 9.52. The van der Waals surface area contributed by atoms with Gasteiger partial charge in [-0.1, -0.05) is 49.2 Å². The van der Waals surface area contributed by atoms with Gasteiger partial charge in [0.05, 0.1) is 7.11 Å². The lowest BCUT2D eigenvalue weighted by Crippen LogP contribution is -2.61. The summed E-state index contributed by atoms with van der Waals surface area (Å²) in [5.74, 6) is 1.88. The molecule has 3 unspecified atom stereocenters. The molecule has 2 bridgehead atoms. The number of fused-ring (bicyclic) bond motifs is 1. The van der Waals surface area contributed by atoms with Gasteiger partial charge in [-0.05, 0) is 79.8 Å². The fourth-order valence-corrected chi connectivity index (χ4v) is 7.26. The molecule has 2 aromatic rings. The molecule has 3 fully saturated rings. The molecule has 1 heterocycles. The fourth-order valence-electron chi connectivity index (χ4n) is 7.26. The van der Waals surface area contributed by atoms with Crippen LogP contribution in [0.1, 0.15) is 61.6 Å². The zero-order chi connectivity index (χ0) is 19.5. The van der Waals surface area contributed by atoms with Crippen molar-refractivity contribution in [1.82, 2.24) is 4.90 Å². The SMILES string of the molecule is COc1ccc2c(c1)C13CCCCC1C(C2)N(CC1(c2ccccc2)CC1)CC3. The summed E-state index contributed by atoms with van der Waals surface area (Å²) < 4.78 is 5.63. The van der Waals surface area contributed by atoms with Gasteiger partial charge in [-0.2, -0.15) is 0 Å². The first-order valence-electron chi connectivity index (χ1n) is 11.7. The molecule has 0 radical (unpaired) electrons. The van der Waals surface area contributed by atoms with E-state index in [4.69, 9.17) is 4.74 Å². The molecule has 0 amide bonds. The molecule has 2 heteroatoms. The molecule has 2 nitrogen and oxygen atoms in total. The van der Waals surface area contributed by atoms with E-state index in [1.807, 2.05) is 7.11 Å². The highest BCUT2D eigenvalue weighted by Crippen LogP contribution is 2.58. The van der Waals surface area contributed by atoms with Gasteiger partial charge in [0.15, 0.2) is 0 Å². The van der Waals surface area contributed by atoms with Crippen molar-refractivity contribution in [3.63, 3.8) is 0 Å². The van der Waals surface area contributed by atoms with Gasteiger partial charge in [0.1, 0.15) is 5.75 Å². The van der Waals surface area contributed by atoms with Crippen molar-refractivity contribution in [3.05, 3.63) is 65.2 Å². The minimum Gasteiger partial charge on any atom is -0.497 e. The van der Waals surface area contributed by atoms with E-state index in [2.05, 4.69) is 53.4 Å². The highest BCUT2D eigenvalue weighted by Gasteiger charge is 2.56. The van der Waals surface area contributed by atoms with E-state index in [1.165, 1.54) is 64.5 Å². The highest BCUT2D eigenvalue weighted by atomic mass is 16.5. The Kier molecular flexibility index (Phi) is 4.10. The quantitative estimate of drug-likeness (QED) is 0.688. The largest absolute Gasteiger partial charge is 0.497 e. The van der Waals surface area contributed by atoms with Crippen LogP contribution in [0.15, 0.2) is 48.5 Å². The maximum absolute atomic E-state index is 5.63. The summed E-state index contributed by atoms with van der Waals surface area (Å²) in [5, 5.41) is 0. The Hall–Kier alpha value is -1.80. The molecule has 0 N–H and O–H groups in total. The van der Waals surface area contributed by atoms with Crippen LogP contribution in [0.5, 0.6) is 5.75 Å². The number of hydrogen-bond acceptors (Lipinski definition) is 2. The van der Waals surface area contributed by atoms with Gasteiger partial charge in [-0.3, -0.25) is 4.90 Å². The predicted molar refractivity (Wildman–Crippen MR) is 118 cm³/mol. The first-order chi connectivity index (χ1) is 14.2. The van der Waals surface area contributed by atoms with Crippen molar-refractivity contribution in [2.45, 2.75) is 68.2 Å². The summed E-state index contributed by atoms with van der Waals surface area (Å²) in [4.78, 5) is 2.92. The van der Waals surface area contributed by atoms with E-state index in [1.54, 1.807) is 16.7 Å². The highest BCUT2D eigenvalue weighted by molar-refractivity contribution is 5.46. The second-order valence-electron chi connectivity index (χ2n) is 10.2. The second kappa shape index (κ2) is 6.60. The first-order valence-corrected chi connectivity index (χ1v) is 11.7. The van der Waals surface area contributed by atoms with Crippen LogP contribution in [-0.4, -0.2) is 31.1 Å². The zero-order valence-electron chi connectivity index (χ0n) is 17.7. The molecule has 1 aliphatic heterocycles. The number of hydrogen-bond donors (Lipinski definition) is 0. The third-order valence-corrected chi connectivity index (χ3v) is 8.90. The molecular formula is C27H33NO.